The minimum atomic E-state index is -1.34. The van der Waals surface area contributed by atoms with Crippen LogP contribution >= 0.6 is 0 Å². The van der Waals surface area contributed by atoms with E-state index in [2.05, 4.69) is 15.6 Å². The number of likely N-dealkylation sites (N-methyl/N-ethyl adjacent to an activating group) is 1. The monoisotopic (exact) mass is 823 g/mol. The van der Waals surface area contributed by atoms with Gasteiger partial charge in [-0.05, 0) is 75.0 Å². The van der Waals surface area contributed by atoms with Gasteiger partial charge in [0.1, 0.15) is 35.8 Å². The van der Waals surface area contributed by atoms with Crippen LogP contribution in [0.15, 0.2) is 36.4 Å². The fourth-order valence-corrected chi connectivity index (χ4v) is 8.58. The first kappa shape index (κ1) is 43.8. The summed E-state index contributed by atoms with van der Waals surface area (Å²) in [7, 11) is 1.67. The van der Waals surface area contributed by atoms with E-state index >= 15 is 8.78 Å². The highest BCUT2D eigenvalue weighted by molar-refractivity contribution is 5.93. The van der Waals surface area contributed by atoms with Crippen LogP contribution in [0.25, 0.3) is 33.5 Å². The van der Waals surface area contributed by atoms with Gasteiger partial charge in [0.05, 0.1) is 41.9 Å². The summed E-state index contributed by atoms with van der Waals surface area (Å²) in [5.74, 6) is -3.07. The first-order valence-corrected chi connectivity index (χ1v) is 20.9. The van der Waals surface area contributed by atoms with Crippen molar-refractivity contribution in [2.24, 2.45) is 17.8 Å². The summed E-state index contributed by atoms with van der Waals surface area (Å²) < 4.78 is 62.2. The number of H-pyrrole nitrogens is 1. The van der Waals surface area contributed by atoms with Crippen molar-refractivity contribution in [3.8, 4) is 11.5 Å². The standard InChI is InChI=1S/C44H57F4N7O4/c1-8-24(5)42(57)52-39(23(3)4)44(59)54-21-30(48)16-32(54)22-55-37-13-11-28(46)18-36(37)51-41(55)40-34(33-12-10-27(45)17-35(33)50-40)19-31-15-29(47)20-53(31)43(58)26(9-2)14-38(56)25(6)49-7/h10-13,17-18,23-26,29-32,39,49-50H,8-9,14-16,19-22H2,1-7H3,(H,52,57)/t24-,25+,26-,29+,30+,31+,32+,39+/m1/s1. The second-order valence-corrected chi connectivity index (χ2v) is 16.8. The quantitative estimate of drug-likeness (QED) is 0.108. The van der Waals surface area contributed by atoms with E-state index in [1.807, 2.05) is 27.7 Å². The molecule has 2 saturated heterocycles. The van der Waals surface area contributed by atoms with Crippen LogP contribution in [0.1, 0.15) is 79.2 Å². The Bertz CT molecular complexity index is 2190. The number of halogens is 4. The number of fused-ring (bicyclic) bond motifs is 2. The summed E-state index contributed by atoms with van der Waals surface area (Å²) >= 11 is 0. The number of carbonyl (C=O) groups is 4. The van der Waals surface area contributed by atoms with E-state index in [9.17, 15) is 28.0 Å². The van der Waals surface area contributed by atoms with Gasteiger partial charge in [-0.1, -0.05) is 34.6 Å². The Morgan fingerprint density at radius 3 is 2.17 bits per heavy atom. The van der Waals surface area contributed by atoms with Crippen LogP contribution in [0.3, 0.4) is 0 Å². The molecule has 59 heavy (non-hydrogen) atoms. The van der Waals surface area contributed by atoms with Crippen LogP contribution in [-0.4, -0.2) is 104 Å². The molecule has 0 radical (unpaired) electrons. The molecule has 3 amide bonds. The number of alkyl halides is 2. The highest BCUT2D eigenvalue weighted by Crippen LogP contribution is 2.38. The molecule has 2 aliphatic heterocycles. The third kappa shape index (κ3) is 9.19. The molecule has 11 nitrogen and oxygen atoms in total. The van der Waals surface area contributed by atoms with E-state index in [0.29, 0.717) is 46.3 Å². The molecule has 6 rings (SSSR count). The SMILES string of the molecule is CC[C@H](CC(=O)[C@H](C)NC)C(=O)N1C[C@@H](F)C[C@H]1Cc1c(-c2nc3cc(F)ccc3n2C[C@@H]2C[C@H](F)CN2C(=O)[C@@H](NC(=O)[C@H](C)CC)C(C)C)[nH]c2cc(F)ccc12. The second kappa shape index (κ2) is 18.2. The van der Waals surface area contributed by atoms with Crippen molar-refractivity contribution < 1.29 is 36.7 Å². The molecule has 2 fully saturated rings. The van der Waals surface area contributed by atoms with E-state index in [1.165, 1.54) is 34.1 Å². The Hall–Kier alpha value is -4.79. The average molecular weight is 824 g/mol. The molecule has 0 saturated carbocycles. The number of imidazole rings is 1. The van der Waals surface area contributed by atoms with Crippen molar-refractivity contribution in [1.29, 1.82) is 0 Å². The molecule has 15 heteroatoms. The van der Waals surface area contributed by atoms with E-state index in [1.54, 1.807) is 37.6 Å². The summed E-state index contributed by atoms with van der Waals surface area (Å²) in [6.07, 6.45) is -1.47. The highest BCUT2D eigenvalue weighted by Gasteiger charge is 2.42. The fraction of sp³-hybridized carbons (Fsp3) is 0.568. The predicted molar refractivity (Wildman–Crippen MR) is 219 cm³/mol. The zero-order valence-corrected chi connectivity index (χ0v) is 35.0. The van der Waals surface area contributed by atoms with Gasteiger partial charge in [-0.15, -0.1) is 0 Å². The van der Waals surface area contributed by atoms with Crippen LogP contribution < -0.4 is 10.6 Å². The number of likely N-dealkylation sites (tertiary alicyclic amines) is 2. The average Bonchev–Trinajstić information content (AvgIpc) is 3.96. The van der Waals surface area contributed by atoms with Crippen molar-refractivity contribution in [3.05, 3.63) is 53.6 Å². The number of ketones is 1. The lowest BCUT2D eigenvalue weighted by Gasteiger charge is -2.32. The first-order valence-electron chi connectivity index (χ1n) is 20.9. The molecular weight excluding hydrogens is 767 g/mol. The van der Waals surface area contributed by atoms with Gasteiger partial charge in [0, 0.05) is 60.7 Å². The van der Waals surface area contributed by atoms with Crippen LogP contribution in [0.2, 0.25) is 0 Å². The molecule has 0 bridgehead atoms. The molecule has 2 aromatic heterocycles. The van der Waals surface area contributed by atoms with Gasteiger partial charge in [-0.2, -0.15) is 0 Å². The zero-order valence-electron chi connectivity index (χ0n) is 35.0. The fourth-order valence-electron chi connectivity index (χ4n) is 8.58. The molecule has 3 N–H and O–H groups in total. The number of amides is 3. The first-order chi connectivity index (χ1) is 28.0. The molecule has 0 aliphatic carbocycles. The minimum Gasteiger partial charge on any atom is -0.352 e. The molecule has 0 spiro atoms. The molecule has 4 aromatic rings. The molecule has 8 atom stereocenters. The summed E-state index contributed by atoms with van der Waals surface area (Å²) in [5.41, 5.74) is 2.26. The Kier molecular flexibility index (Phi) is 13.5. The minimum absolute atomic E-state index is 0.00612. The van der Waals surface area contributed by atoms with Crippen LogP contribution in [0.5, 0.6) is 0 Å². The van der Waals surface area contributed by atoms with Gasteiger partial charge >= 0.3 is 0 Å². The van der Waals surface area contributed by atoms with E-state index in [0.717, 1.165) is 0 Å². The van der Waals surface area contributed by atoms with Gasteiger partial charge in [-0.25, -0.2) is 22.5 Å². The van der Waals surface area contributed by atoms with Crippen molar-refractivity contribution in [1.82, 2.24) is 35.0 Å². The number of Topliss-reactive ketones (excluding diaryl/α,β-unsaturated/α-hetero) is 1. The molecule has 2 aromatic carbocycles. The van der Waals surface area contributed by atoms with E-state index in [4.69, 9.17) is 4.98 Å². The van der Waals surface area contributed by atoms with Crippen molar-refractivity contribution in [2.75, 3.05) is 20.1 Å². The maximum atomic E-state index is 15.4. The number of carbonyl (C=O) groups excluding carboxylic acids is 4. The lowest BCUT2D eigenvalue weighted by atomic mass is 9.94. The molecule has 320 valence electrons. The van der Waals surface area contributed by atoms with Crippen LogP contribution in [0.4, 0.5) is 17.6 Å². The smallest absolute Gasteiger partial charge is 0.245 e. The summed E-state index contributed by atoms with van der Waals surface area (Å²) in [6, 6.07) is 5.75. The van der Waals surface area contributed by atoms with E-state index in [-0.39, 0.29) is 80.3 Å². The molecular formula is C44H57F4N7O4. The normalized spacial score (nSPS) is 21.7. The Morgan fingerprint density at radius 1 is 0.881 bits per heavy atom. The van der Waals surface area contributed by atoms with Crippen molar-refractivity contribution in [2.45, 2.75) is 123 Å². The molecule has 0 unspecified atom stereocenters. The Labute approximate surface area is 342 Å². The number of hydrogen-bond acceptors (Lipinski definition) is 6. The van der Waals surface area contributed by atoms with Gasteiger partial charge < -0.3 is 30.0 Å². The number of nitrogens with zero attached hydrogens (tertiary/aromatic N) is 4. The number of aromatic amines is 1. The van der Waals surface area contributed by atoms with Gasteiger partial charge in [0.15, 0.2) is 5.82 Å². The van der Waals surface area contributed by atoms with Crippen LogP contribution in [0, 0.1) is 29.4 Å². The third-order valence-electron chi connectivity index (χ3n) is 12.4. The Balaban J connectivity index is 1.40. The number of rotatable bonds is 16. The largest absolute Gasteiger partial charge is 0.352 e. The number of aromatic nitrogens is 3. The zero-order chi connectivity index (χ0) is 42.9. The maximum Gasteiger partial charge on any atom is 0.245 e. The summed E-state index contributed by atoms with van der Waals surface area (Å²) in [6.45, 7) is 10.6. The van der Waals surface area contributed by atoms with Crippen molar-refractivity contribution >= 4 is 45.4 Å². The molecule has 2 aliphatic rings. The number of benzene rings is 2. The third-order valence-corrected chi connectivity index (χ3v) is 12.4. The predicted octanol–water partition coefficient (Wildman–Crippen LogP) is 6.66. The highest BCUT2D eigenvalue weighted by atomic mass is 19.1. The number of hydrogen-bond donors (Lipinski definition) is 3. The van der Waals surface area contributed by atoms with E-state index < -0.39 is 60.0 Å². The Morgan fingerprint density at radius 2 is 1.53 bits per heavy atom. The van der Waals surface area contributed by atoms with Crippen molar-refractivity contribution in [3.63, 3.8) is 0 Å². The summed E-state index contributed by atoms with van der Waals surface area (Å²) in [4.78, 5) is 65.3. The van der Waals surface area contributed by atoms with Gasteiger partial charge in [0.25, 0.3) is 0 Å². The molecule has 4 heterocycles. The van der Waals surface area contributed by atoms with Gasteiger partial charge in [0.2, 0.25) is 17.7 Å². The lowest BCUT2D eigenvalue weighted by Crippen LogP contribution is -2.54. The maximum absolute atomic E-state index is 15.4. The topological polar surface area (TPSA) is 132 Å². The van der Waals surface area contributed by atoms with Gasteiger partial charge in [-0.3, -0.25) is 19.2 Å². The second-order valence-electron chi connectivity index (χ2n) is 16.8. The summed E-state index contributed by atoms with van der Waals surface area (Å²) in [5, 5.41) is 6.42. The number of nitrogens with one attached hydrogen (secondary N) is 3. The lowest BCUT2D eigenvalue weighted by molar-refractivity contribution is -0.139. The van der Waals surface area contributed by atoms with Crippen LogP contribution in [-0.2, 0) is 32.1 Å².